The maximum atomic E-state index is 13.5. The third-order valence-corrected chi connectivity index (χ3v) is 4.92. The van der Waals surface area contributed by atoms with Crippen molar-refractivity contribution >= 4 is 16.9 Å². The minimum atomic E-state index is -4.63. The van der Waals surface area contributed by atoms with Crippen LogP contribution in [0.5, 0.6) is 0 Å². The number of hydrogen-bond donors (Lipinski definition) is 1. The van der Waals surface area contributed by atoms with Crippen molar-refractivity contribution in [1.29, 1.82) is 0 Å². The van der Waals surface area contributed by atoms with E-state index in [2.05, 4.69) is 15.1 Å². The van der Waals surface area contributed by atoms with Crippen molar-refractivity contribution in [2.24, 2.45) is 0 Å². The molecular weight excluding hydrogens is 423 g/mol. The second-order valence-electron chi connectivity index (χ2n) is 7.29. The van der Waals surface area contributed by atoms with E-state index >= 15 is 0 Å². The average molecular weight is 441 g/mol. The van der Waals surface area contributed by atoms with Crippen LogP contribution < -0.4 is 5.43 Å². The fourth-order valence-electron chi connectivity index (χ4n) is 3.40. The van der Waals surface area contributed by atoms with Gasteiger partial charge in [0.05, 0.1) is 28.8 Å². The first-order valence-electron chi connectivity index (χ1n) is 9.62. The van der Waals surface area contributed by atoms with Gasteiger partial charge in [-0.25, -0.2) is 9.67 Å². The normalized spacial score (nSPS) is 11.7. The van der Waals surface area contributed by atoms with Gasteiger partial charge in [0.25, 0.3) is 5.91 Å². The second-order valence-corrected chi connectivity index (χ2v) is 7.29. The molecule has 4 aromatic rings. The van der Waals surface area contributed by atoms with E-state index in [4.69, 9.17) is 0 Å². The summed E-state index contributed by atoms with van der Waals surface area (Å²) in [6.07, 6.45) is -4.63. The number of rotatable bonds is 4. The Kier molecular flexibility index (Phi) is 5.29. The molecule has 0 saturated carbocycles. The number of halogens is 3. The number of carbonyl (C=O) groups is 1. The summed E-state index contributed by atoms with van der Waals surface area (Å²) in [5, 5.41) is 4.00. The van der Waals surface area contributed by atoms with E-state index < -0.39 is 28.8 Å². The molecule has 2 heterocycles. The summed E-state index contributed by atoms with van der Waals surface area (Å²) in [5.74, 6) is -0.231. The summed E-state index contributed by atoms with van der Waals surface area (Å²) in [6, 6.07) is 13.3. The number of nitrogens with zero attached hydrogens (tertiary/aromatic N) is 4. The van der Waals surface area contributed by atoms with Gasteiger partial charge in [0.2, 0.25) is 5.43 Å². The van der Waals surface area contributed by atoms with E-state index in [9.17, 15) is 22.8 Å². The largest absolute Gasteiger partial charge is 0.418 e. The van der Waals surface area contributed by atoms with Crippen LogP contribution in [0, 0.1) is 6.92 Å². The smallest absolute Gasteiger partial charge is 0.340 e. The Hall–Kier alpha value is -3.95. The van der Waals surface area contributed by atoms with Gasteiger partial charge >= 0.3 is 6.18 Å². The molecule has 0 unspecified atom stereocenters. The van der Waals surface area contributed by atoms with Crippen LogP contribution in [0.15, 0.2) is 59.4 Å². The van der Waals surface area contributed by atoms with Crippen LogP contribution in [0.4, 0.5) is 13.2 Å². The van der Waals surface area contributed by atoms with Crippen LogP contribution >= 0.6 is 0 Å². The van der Waals surface area contributed by atoms with Crippen LogP contribution in [-0.4, -0.2) is 37.6 Å². The number of imidazole rings is 1. The van der Waals surface area contributed by atoms with Crippen molar-refractivity contribution in [2.75, 3.05) is 7.05 Å². The van der Waals surface area contributed by atoms with Gasteiger partial charge in [-0.3, -0.25) is 9.59 Å². The molecule has 2 aromatic heterocycles. The van der Waals surface area contributed by atoms with E-state index in [-0.39, 0.29) is 17.9 Å². The molecule has 7 nitrogen and oxygen atoms in total. The average Bonchev–Trinajstić information content (AvgIpc) is 3.15. The molecule has 0 bridgehead atoms. The van der Waals surface area contributed by atoms with Crippen LogP contribution in [0.3, 0.4) is 0 Å². The Labute approximate surface area is 180 Å². The molecular formula is C22H18F3N5O2. The van der Waals surface area contributed by atoms with Crippen LogP contribution in [-0.2, 0) is 12.7 Å². The number of para-hydroxylation sites is 3. The van der Waals surface area contributed by atoms with Crippen molar-refractivity contribution in [3.8, 4) is 5.69 Å². The fourth-order valence-corrected chi connectivity index (χ4v) is 3.40. The Morgan fingerprint density at radius 1 is 1.12 bits per heavy atom. The maximum Gasteiger partial charge on any atom is 0.418 e. The number of H-pyrrole nitrogens is 1. The fraction of sp³-hybridized carbons (Fsp3) is 0.182. The van der Waals surface area contributed by atoms with Crippen LogP contribution in [0.25, 0.3) is 16.7 Å². The maximum absolute atomic E-state index is 13.5. The van der Waals surface area contributed by atoms with E-state index in [1.54, 1.807) is 0 Å². The number of aromatic amines is 1. The third-order valence-electron chi connectivity index (χ3n) is 4.92. The molecule has 10 heteroatoms. The Balaban J connectivity index is 1.70. The number of hydrogen-bond acceptors (Lipinski definition) is 4. The summed E-state index contributed by atoms with van der Waals surface area (Å²) in [7, 11) is 1.46. The van der Waals surface area contributed by atoms with Crippen molar-refractivity contribution in [3.05, 3.63) is 87.6 Å². The monoisotopic (exact) mass is 441 g/mol. The molecule has 0 atom stereocenters. The predicted octanol–water partition coefficient (Wildman–Crippen LogP) is 3.71. The summed E-state index contributed by atoms with van der Waals surface area (Å²) in [6.45, 7) is 1.51. The third kappa shape index (κ3) is 3.98. The first-order chi connectivity index (χ1) is 15.1. The molecule has 0 aliphatic carbocycles. The second kappa shape index (κ2) is 7.95. The number of amides is 1. The SMILES string of the molecule is Cc1cc(=O)c(C(=O)N(C)Cc2nc3ccccc3[nH]2)nn1-c1ccccc1C(F)(F)F. The Morgan fingerprint density at radius 3 is 2.53 bits per heavy atom. The van der Waals surface area contributed by atoms with Gasteiger partial charge in [-0.2, -0.15) is 18.3 Å². The summed E-state index contributed by atoms with van der Waals surface area (Å²) in [5.41, 5.74) is -0.662. The Bertz CT molecular complexity index is 1340. The van der Waals surface area contributed by atoms with Crippen LogP contribution in [0.1, 0.15) is 27.6 Å². The van der Waals surface area contributed by atoms with Gasteiger partial charge in [-0.1, -0.05) is 24.3 Å². The zero-order valence-electron chi connectivity index (χ0n) is 17.1. The molecule has 0 fully saturated rings. The highest BCUT2D eigenvalue weighted by molar-refractivity contribution is 5.92. The van der Waals surface area contributed by atoms with Crippen LogP contribution in [0.2, 0.25) is 0 Å². The number of fused-ring (bicyclic) bond motifs is 1. The van der Waals surface area contributed by atoms with Gasteiger partial charge in [0, 0.05) is 18.8 Å². The molecule has 0 spiro atoms. The summed E-state index contributed by atoms with van der Waals surface area (Å²) >= 11 is 0. The predicted molar refractivity (Wildman–Crippen MR) is 111 cm³/mol. The number of nitrogens with one attached hydrogen (secondary N) is 1. The van der Waals surface area contributed by atoms with Crippen molar-refractivity contribution < 1.29 is 18.0 Å². The number of alkyl halides is 3. The molecule has 0 aliphatic heterocycles. The molecule has 1 amide bonds. The van der Waals surface area contributed by atoms with Gasteiger partial charge in [0.1, 0.15) is 5.82 Å². The summed E-state index contributed by atoms with van der Waals surface area (Å²) < 4.78 is 41.4. The summed E-state index contributed by atoms with van der Waals surface area (Å²) in [4.78, 5) is 34.1. The first-order valence-corrected chi connectivity index (χ1v) is 9.62. The zero-order valence-corrected chi connectivity index (χ0v) is 17.1. The van der Waals surface area contributed by atoms with E-state index in [0.717, 1.165) is 27.8 Å². The van der Waals surface area contributed by atoms with Crippen molar-refractivity contribution in [2.45, 2.75) is 19.6 Å². The first kappa shape index (κ1) is 21.3. The number of aromatic nitrogens is 4. The number of carbonyl (C=O) groups excluding carboxylic acids is 1. The molecule has 0 saturated heterocycles. The molecule has 1 N–H and O–H groups in total. The molecule has 4 rings (SSSR count). The lowest BCUT2D eigenvalue weighted by molar-refractivity contribution is -0.137. The quantitative estimate of drug-likeness (QED) is 0.523. The number of aryl methyl sites for hydroxylation is 1. The van der Waals surface area contributed by atoms with E-state index in [1.165, 1.54) is 37.1 Å². The topological polar surface area (TPSA) is 83.9 Å². The molecule has 164 valence electrons. The van der Waals surface area contributed by atoms with Gasteiger partial charge in [-0.05, 0) is 31.2 Å². The lowest BCUT2D eigenvalue weighted by Crippen LogP contribution is -2.33. The molecule has 2 aromatic carbocycles. The minimum Gasteiger partial charge on any atom is -0.340 e. The number of benzene rings is 2. The highest BCUT2D eigenvalue weighted by atomic mass is 19.4. The Morgan fingerprint density at radius 2 is 1.81 bits per heavy atom. The van der Waals surface area contributed by atoms with Crippen molar-refractivity contribution in [1.82, 2.24) is 24.6 Å². The van der Waals surface area contributed by atoms with Gasteiger partial charge in [-0.15, -0.1) is 0 Å². The lowest BCUT2D eigenvalue weighted by Gasteiger charge is -2.18. The molecule has 32 heavy (non-hydrogen) atoms. The van der Waals surface area contributed by atoms with Gasteiger partial charge < -0.3 is 9.88 Å². The zero-order chi connectivity index (χ0) is 23.0. The molecule has 0 radical (unpaired) electrons. The highest BCUT2D eigenvalue weighted by Crippen LogP contribution is 2.33. The van der Waals surface area contributed by atoms with Gasteiger partial charge in [0.15, 0.2) is 5.69 Å². The van der Waals surface area contributed by atoms with Crippen molar-refractivity contribution in [3.63, 3.8) is 0 Å². The highest BCUT2D eigenvalue weighted by Gasteiger charge is 2.34. The van der Waals surface area contributed by atoms with E-state index in [1.807, 2.05) is 24.3 Å². The minimum absolute atomic E-state index is 0.0572. The van der Waals surface area contributed by atoms with E-state index in [0.29, 0.717) is 5.82 Å². The lowest BCUT2D eigenvalue weighted by atomic mass is 10.1. The molecule has 0 aliphatic rings. The standard InChI is InChI=1S/C22H18F3N5O2/c1-13-11-18(31)20(28-30(13)17-10-6-3-7-14(17)22(23,24)25)21(32)29(2)12-19-26-15-8-4-5-9-16(15)27-19/h3-11H,12H2,1-2H3,(H,26,27).